The van der Waals surface area contributed by atoms with E-state index in [1.165, 1.54) is 0 Å². The highest BCUT2D eigenvalue weighted by Gasteiger charge is 2.11. The molecule has 0 spiro atoms. The maximum Gasteiger partial charge on any atom is 0.123 e. The number of aliphatic hydroxyl groups is 1. The summed E-state index contributed by atoms with van der Waals surface area (Å²) in [6, 6.07) is 6.49. The standard InChI is InChI=1S/C17H25NO2/c1-5-18(14(2)3)13-16-12-15(8-6-7-11-19)9-10-17(16)20-4/h9-10,12,14,19H,5,7,11,13H2,1-4H3. The van der Waals surface area contributed by atoms with Gasteiger partial charge in [-0.1, -0.05) is 18.8 Å². The molecule has 3 nitrogen and oxygen atoms in total. The number of nitrogens with zero attached hydrogens (tertiary/aromatic N) is 1. The number of aliphatic hydroxyl groups excluding tert-OH is 1. The fourth-order valence-electron chi connectivity index (χ4n) is 2.08. The van der Waals surface area contributed by atoms with Gasteiger partial charge in [-0.3, -0.25) is 4.90 Å². The Bertz CT molecular complexity index is 472. The van der Waals surface area contributed by atoms with E-state index in [4.69, 9.17) is 9.84 Å². The molecule has 0 aliphatic heterocycles. The van der Waals surface area contributed by atoms with Crippen molar-refractivity contribution in [2.45, 2.75) is 39.8 Å². The van der Waals surface area contributed by atoms with E-state index in [1.807, 2.05) is 12.1 Å². The molecular weight excluding hydrogens is 250 g/mol. The van der Waals surface area contributed by atoms with Crippen LogP contribution in [0.3, 0.4) is 0 Å². The smallest absolute Gasteiger partial charge is 0.123 e. The highest BCUT2D eigenvalue weighted by Crippen LogP contribution is 2.22. The van der Waals surface area contributed by atoms with E-state index >= 15 is 0 Å². The largest absolute Gasteiger partial charge is 0.496 e. The molecule has 20 heavy (non-hydrogen) atoms. The van der Waals surface area contributed by atoms with Gasteiger partial charge >= 0.3 is 0 Å². The topological polar surface area (TPSA) is 32.7 Å². The summed E-state index contributed by atoms with van der Waals surface area (Å²) >= 11 is 0. The van der Waals surface area contributed by atoms with Crippen LogP contribution in [0.15, 0.2) is 18.2 Å². The second-order valence-corrected chi connectivity index (χ2v) is 4.96. The van der Waals surface area contributed by atoms with Crippen molar-refractivity contribution in [3.05, 3.63) is 29.3 Å². The van der Waals surface area contributed by atoms with Crippen LogP contribution in [0.4, 0.5) is 0 Å². The van der Waals surface area contributed by atoms with Crippen molar-refractivity contribution in [1.29, 1.82) is 0 Å². The average molecular weight is 275 g/mol. The van der Waals surface area contributed by atoms with Crippen molar-refractivity contribution >= 4 is 0 Å². The van der Waals surface area contributed by atoms with E-state index in [2.05, 4.69) is 43.6 Å². The third-order valence-electron chi connectivity index (χ3n) is 3.26. The molecule has 0 aliphatic carbocycles. The Morgan fingerprint density at radius 3 is 2.65 bits per heavy atom. The molecule has 0 amide bonds. The minimum Gasteiger partial charge on any atom is -0.496 e. The number of hydrogen-bond donors (Lipinski definition) is 1. The molecule has 0 aromatic heterocycles. The highest BCUT2D eigenvalue weighted by atomic mass is 16.5. The minimum absolute atomic E-state index is 0.104. The van der Waals surface area contributed by atoms with Crippen LogP contribution in [0.2, 0.25) is 0 Å². The molecule has 1 aromatic carbocycles. The first-order chi connectivity index (χ1) is 9.62. The zero-order valence-corrected chi connectivity index (χ0v) is 12.9. The first-order valence-electron chi connectivity index (χ1n) is 7.13. The van der Waals surface area contributed by atoms with Gasteiger partial charge in [0.25, 0.3) is 0 Å². The highest BCUT2D eigenvalue weighted by molar-refractivity contribution is 5.44. The monoisotopic (exact) mass is 275 g/mol. The Kier molecular flexibility index (Phi) is 7.14. The summed E-state index contributed by atoms with van der Waals surface area (Å²) in [5, 5.41) is 8.76. The molecule has 0 radical (unpaired) electrons. The number of hydrogen-bond acceptors (Lipinski definition) is 3. The predicted molar refractivity (Wildman–Crippen MR) is 82.8 cm³/mol. The number of benzene rings is 1. The minimum atomic E-state index is 0.104. The molecule has 0 aliphatic rings. The molecule has 0 unspecified atom stereocenters. The van der Waals surface area contributed by atoms with Crippen molar-refractivity contribution in [3.8, 4) is 17.6 Å². The summed E-state index contributed by atoms with van der Waals surface area (Å²) in [6.07, 6.45) is 0.508. The van der Waals surface area contributed by atoms with Crippen LogP contribution in [0.5, 0.6) is 5.75 Å². The number of ether oxygens (including phenoxy) is 1. The molecule has 0 heterocycles. The van der Waals surface area contributed by atoms with Crippen molar-refractivity contribution in [3.63, 3.8) is 0 Å². The van der Waals surface area contributed by atoms with Crippen molar-refractivity contribution in [2.24, 2.45) is 0 Å². The quantitative estimate of drug-likeness (QED) is 0.810. The Balaban J connectivity index is 2.97. The molecular formula is C17H25NO2. The van der Waals surface area contributed by atoms with Crippen LogP contribution in [0.1, 0.15) is 38.3 Å². The molecule has 1 rings (SSSR count). The second kappa shape index (κ2) is 8.63. The van der Waals surface area contributed by atoms with E-state index in [0.29, 0.717) is 12.5 Å². The molecule has 0 fully saturated rings. The predicted octanol–water partition coefficient (Wildman–Crippen LogP) is 2.66. The molecule has 0 atom stereocenters. The molecule has 1 aromatic rings. The molecule has 1 N–H and O–H groups in total. The summed E-state index contributed by atoms with van der Waals surface area (Å²) < 4.78 is 5.44. The van der Waals surface area contributed by atoms with Crippen LogP contribution in [-0.4, -0.2) is 36.3 Å². The lowest BCUT2D eigenvalue weighted by Gasteiger charge is -2.25. The molecule has 110 valence electrons. The fourth-order valence-corrected chi connectivity index (χ4v) is 2.08. The van der Waals surface area contributed by atoms with Crippen LogP contribution in [0.25, 0.3) is 0 Å². The zero-order chi connectivity index (χ0) is 15.0. The lowest BCUT2D eigenvalue weighted by molar-refractivity contribution is 0.222. The van der Waals surface area contributed by atoms with E-state index in [-0.39, 0.29) is 6.61 Å². The van der Waals surface area contributed by atoms with Crippen molar-refractivity contribution in [2.75, 3.05) is 20.3 Å². The third-order valence-corrected chi connectivity index (χ3v) is 3.26. The first kappa shape index (κ1) is 16.6. The molecule has 3 heteroatoms. The Morgan fingerprint density at radius 1 is 1.35 bits per heavy atom. The van der Waals surface area contributed by atoms with Gasteiger partial charge in [-0.15, -0.1) is 0 Å². The fraction of sp³-hybridized carbons (Fsp3) is 0.529. The van der Waals surface area contributed by atoms with Crippen LogP contribution in [-0.2, 0) is 6.54 Å². The van der Waals surface area contributed by atoms with Gasteiger partial charge in [0.15, 0.2) is 0 Å². The molecule has 0 saturated carbocycles. The van der Waals surface area contributed by atoms with Crippen LogP contribution >= 0.6 is 0 Å². The van der Waals surface area contributed by atoms with E-state index in [9.17, 15) is 0 Å². The van der Waals surface area contributed by atoms with E-state index in [0.717, 1.165) is 30.0 Å². The SMILES string of the molecule is CCN(Cc1cc(C#CCCO)ccc1OC)C(C)C. The summed E-state index contributed by atoms with van der Waals surface area (Å²) in [5.74, 6) is 6.93. The van der Waals surface area contributed by atoms with Crippen LogP contribution in [0, 0.1) is 11.8 Å². The second-order valence-electron chi connectivity index (χ2n) is 4.96. The summed E-state index contributed by atoms with van der Waals surface area (Å²) in [4.78, 5) is 2.38. The van der Waals surface area contributed by atoms with Gasteiger partial charge in [0.05, 0.1) is 13.7 Å². The zero-order valence-electron chi connectivity index (χ0n) is 12.9. The maximum absolute atomic E-state index is 8.76. The summed E-state index contributed by atoms with van der Waals surface area (Å²) in [7, 11) is 1.70. The summed E-state index contributed by atoms with van der Waals surface area (Å²) in [5.41, 5.74) is 2.12. The Labute approximate surface area is 122 Å². The van der Waals surface area contributed by atoms with Crippen molar-refractivity contribution < 1.29 is 9.84 Å². The van der Waals surface area contributed by atoms with Crippen molar-refractivity contribution in [1.82, 2.24) is 4.90 Å². The van der Waals surface area contributed by atoms with Gasteiger partial charge in [-0.2, -0.15) is 0 Å². The van der Waals surface area contributed by atoms with Gasteiger partial charge in [-0.25, -0.2) is 0 Å². The lowest BCUT2D eigenvalue weighted by Crippen LogP contribution is -2.30. The van der Waals surface area contributed by atoms with Gasteiger partial charge in [0.2, 0.25) is 0 Å². The maximum atomic E-state index is 8.76. The van der Waals surface area contributed by atoms with Crippen LogP contribution < -0.4 is 4.74 Å². The van der Waals surface area contributed by atoms with Gasteiger partial charge in [-0.05, 0) is 38.6 Å². The van der Waals surface area contributed by atoms with Gasteiger partial charge < -0.3 is 9.84 Å². The molecule has 0 bridgehead atoms. The molecule has 0 saturated heterocycles. The van der Waals surface area contributed by atoms with E-state index in [1.54, 1.807) is 7.11 Å². The normalized spacial score (nSPS) is 10.6. The Hall–Kier alpha value is -1.50. The number of methoxy groups -OCH3 is 1. The van der Waals surface area contributed by atoms with Gasteiger partial charge in [0.1, 0.15) is 5.75 Å². The average Bonchev–Trinajstić information content (AvgIpc) is 2.45. The first-order valence-corrected chi connectivity index (χ1v) is 7.13. The number of rotatable bonds is 6. The summed E-state index contributed by atoms with van der Waals surface area (Å²) in [6.45, 7) is 8.51. The van der Waals surface area contributed by atoms with Gasteiger partial charge in [0, 0.05) is 30.1 Å². The Morgan fingerprint density at radius 2 is 2.10 bits per heavy atom. The van der Waals surface area contributed by atoms with E-state index < -0.39 is 0 Å². The lowest BCUT2D eigenvalue weighted by atomic mass is 10.1. The third kappa shape index (κ3) is 4.88.